The van der Waals surface area contributed by atoms with Crippen LogP contribution in [0.1, 0.15) is 12.8 Å². The highest BCUT2D eigenvalue weighted by molar-refractivity contribution is 5.82. The van der Waals surface area contributed by atoms with Crippen LogP contribution in [0.5, 0.6) is 0 Å². The lowest BCUT2D eigenvalue weighted by Crippen LogP contribution is -2.58. The van der Waals surface area contributed by atoms with Crippen molar-refractivity contribution in [3.8, 4) is 11.1 Å². The second-order valence-electron chi connectivity index (χ2n) is 9.86. The zero-order valence-electron chi connectivity index (χ0n) is 19.9. The fraction of sp³-hybridized carbons (Fsp3) is 0.462. The van der Waals surface area contributed by atoms with Gasteiger partial charge in [-0.15, -0.1) is 0 Å². The van der Waals surface area contributed by atoms with E-state index in [4.69, 9.17) is 0 Å². The number of carbonyl (C=O) groups excluding carboxylic acids is 1. The highest BCUT2D eigenvalue weighted by atomic mass is 19.4. The van der Waals surface area contributed by atoms with Crippen LogP contribution in [-0.2, 0) is 4.79 Å². The van der Waals surface area contributed by atoms with Crippen molar-refractivity contribution in [2.75, 3.05) is 55.6 Å². The van der Waals surface area contributed by atoms with Crippen LogP contribution in [-0.4, -0.2) is 78.5 Å². The lowest BCUT2D eigenvalue weighted by Gasteiger charge is -2.38. The topological polar surface area (TPSA) is 56.1 Å². The highest BCUT2D eigenvalue weighted by Gasteiger charge is 2.44. The van der Waals surface area contributed by atoms with Crippen molar-refractivity contribution in [2.45, 2.75) is 25.1 Å². The molecule has 0 spiro atoms. The van der Waals surface area contributed by atoms with Crippen LogP contribution in [0.4, 0.5) is 24.5 Å². The summed E-state index contributed by atoms with van der Waals surface area (Å²) in [5.41, 5.74) is 4.49. The van der Waals surface area contributed by atoms with Gasteiger partial charge >= 0.3 is 6.18 Å². The number of hydrogen-bond donors (Lipinski definition) is 1. The second-order valence-corrected chi connectivity index (χ2v) is 9.86. The Morgan fingerprint density at radius 2 is 1.72 bits per heavy atom. The van der Waals surface area contributed by atoms with Crippen LogP contribution in [0.15, 0.2) is 48.8 Å². The van der Waals surface area contributed by atoms with E-state index in [0.717, 1.165) is 61.4 Å². The number of amides is 1. The quantitative estimate of drug-likeness (QED) is 0.598. The number of alkyl halides is 3. The predicted molar refractivity (Wildman–Crippen MR) is 132 cm³/mol. The summed E-state index contributed by atoms with van der Waals surface area (Å²) in [6, 6.07) is 9.84. The minimum absolute atomic E-state index is 0.104. The molecule has 2 aromatic heterocycles. The standard InChI is InChI=1S/C26H29F3N6O/c27-26(28,29)24-16-30-9-10-34(24)21-5-3-18(4-6-21)20-15-23-22(7-8-31-35(23)17-20)32-11-13-33(14-12-32)25(36)19-1-2-19/h3-8,15,17,19,24,30H,1-2,9-14,16H2. The van der Waals surface area contributed by atoms with Crippen LogP contribution >= 0.6 is 0 Å². The molecule has 1 atom stereocenters. The maximum Gasteiger partial charge on any atom is 0.409 e. The molecule has 4 heterocycles. The smallest absolute Gasteiger partial charge is 0.366 e. The normalized spacial score (nSPS) is 21.3. The van der Waals surface area contributed by atoms with Crippen molar-refractivity contribution in [1.82, 2.24) is 19.8 Å². The van der Waals surface area contributed by atoms with E-state index >= 15 is 0 Å². The predicted octanol–water partition coefficient (Wildman–Crippen LogP) is 3.40. The van der Waals surface area contributed by atoms with E-state index in [1.54, 1.807) is 18.3 Å². The SMILES string of the molecule is O=C(C1CC1)N1CCN(c2ccnn3cc(-c4ccc(N5CCNCC5C(F)(F)F)cc4)cc23)CC1. The lowest BCUT2D eigenvalue weighted by molar-refractivity contribution is -0.149. The molecule has 1 aliphatic carbocycles. The summed E-state index contributed by atoms with van der Waals surface area (Å²) < 4.78 is 42.4. The molecule has 10 heteroatoms. The van der Waals surface area contributed by atoms with Gasteiger partial charge in [-0.2, -0.15) is 18.3 Å². The summed E-state index contributed by atoms with van der Waals surface area (Å²) in [4.78, 5) is 18.1. The van der Waals surface area contributed by atoms with Crippen LogP contribution in [0.3, 0.4) is 0 Å². The third-order valence-corrected chi connectivity index (χ3v) is 7.50. The Balaban J connectivity index is 1.21. The molecule has 36 heavy (non-hydrogen) atoms. The summed E-state index contributed by atoms with van der Waals surface area (Å²) in [6.07, 6.45) is 1.49. The average molecular weight is 499 g/mol. The van der Waals surface area contributed by atoms with Crippen LogP contribution in [0, 0.1) is 5.92 Å². The molecule has 1 unspecified atom stereocenters. The Morgan fingerprint density at radius 3 is 2.42 bits per heavy atom. The lowest BCUT2D eigenvalue weighted by atomic mass is 10.1. The largest absolute Gasteiger partial charge is 0.409 e. The number of benzene rings is 1. The molecule has 1 N–H and O–H groups in total. The van der Waals surface area contributed by atoms with Crippen molar-refractivity contribution in [1.29, 1.82) is 0 Å². The Morgan fingerprint density at radius 1 is 0.972 bits per heavy atom. The van der Waals surface area contributed by atoms with Gasteiger partial charge in [0.15, 0.2) is 0 Å². The van der Waals surface area contributed by atoms with Gasteiger partial charge in [0.25, 0.3) is 0 Å². The molecule has 1 aromatic carbocycles. The molecule has 0 radical (unpaired) electrons. The van der Waals surface area contributed by atoms with E-state index < -0.39 is 12.2 Å². The van der Waals surface area contributed by atoms with Gasteiger partial charge in [-0.1, -0.05) is 12.1 Å². The minimum Gasteiger partial charge on any atom is -0.366 e. The first-order valence-electron chi connectivity index (χ1n) is 12.5. The molecule has 1 saturated carbocycles. The van der Waals surface area contributed by atoms with Gasteiger partial charge in [-0.3, -0.25) is 4.79 Å². The second kappa shape index (κ2) is 8.99. The van der Waals surface area contributed by atoms with Crippen molar-refractivity contribution in [2.24, 2.45) is 5.92 Å². The molecular weight excluding hydrogens is 469 g/mol. The monoisotopic (exact) mass is 498 g/mol. The summed E-state index contributed by atoms with van der Waals surface area (Å²) in [6.45, 7) is 3.74. The van der Waals surface area contributed by atoms with E-state index in [9.17, 15) is 18.0 Å². The Hall–Kier alpha value is -3.27. The fourth-order valence-electron chi connectivity index (χ4n) is 5.33. The maximum absolute atomic E-state index is 13.5. The van der Waals surface area contributed by atoms with Gasteiger partial charge in [-0.05, 0) is 42.7 Å². The number of halogens is 3. The third kappa shape index (κ3) is 4.38. The number of anilines is 2. The number of nitrogens with zero attached hydrogens (tertiary/aromatic N) is 5. The number of rotatable bonds is 4. The molecule has 3 fully saturated rings. The summed E-state index contributed by atoms with van der Waals surface area (Å²) in [5.74, 6) is 0.542. The molecule has 2 saturated heterocycles. The van der Waals surface area contributed by atoms with Gasteiger partial charge in [0.2, 0.25) is 5.91 Å². The number of aromatic nitrogens is 2. The van der Waals surface area contributed by atoms with Crippen molar-refractivity contribution < 1.29 is 18.0 Å². The Kier molecular flexibility index (Phi) is 5.78. The zero-order chi connectivity index (χ0) is 24.9. The van der Waals surface area contributed by atoms with Crippen LogP contribution < -0.4 is 15.1 Å². The maximum atomic E-state index is 13.5. The van der Waals surface area contributed by atoms with E-state index in [0.29, 0.717) is 24.7 Å². The molecule has 190 valence electrons. The number of piperazine rings is 2. The van der Waals surface area contributed by atoms with Gasteiger partial charge in [0.1, 0.15) is 6.04 Å². The number of carbonyl (C=O) groups is 1. The first-order chi connectivity index (χ1) is 17.4. The third-order valence-electron chi connectivity index (χ3n) is 7.50. The first-order valence-corrected chi connectivity index (χ1v) is 12.5. The number of hydrogen-bond acceptors (Lipinski definition) is 5. The molecule has 3 aliphatic rings. The average Bonchev–Trinajstić information content (AvgIpc) is 3.66. The van der Waals surface area contributed by atoms with E-state index in [1.165, 1.54) is 4.90 Å². The molecule has 3 aromatic rings. The Labute approximate surface area is 207 Å². The minimum atomic E-state index is -4.29. The molecule has 6 rings (SSSR count). The summed E-state index contributed by atoms with van der Waals surface area (Å²) >= 11 is 0. The van der Waals surface area contributed by atoms with Crippen molar-refractivity contribution in [3.05, 3.63) is 48.8 Å². The molecular formula is C26H29F3N6O. The fourth-order valence-corrected chi connectivity index (χ4v) is 5.33. The first kappa shape index (κ1) is 23.1. The van der Waals surface area contributed by atoms with E-state index in [1.807, 2.05) is 33.8 Å². The van der Waals surface area contributed by atoms with E-state index in [-0.39, 0.29) is 12.5 Å². The number of fused-ring (bicyclic) bond motifs is 1. The Bertz CT molecular complexity index is 1240. The van der Waals surface area contributed by atoms with Gasteiger partial charge in [0.05, 0.1) is 11.2 Å². The van der Waals surface area contributed by atoms with Crippen molar-refractivity contribution in [3.63, 3.8) is 0 Å². The van der Waals surface area contributed by atoms with Gasteiger partial charge < -0.3 is 20.0 Å². The van der Waals surface area contributed by atoms with Crippen LogP contribution in [0.2, 0.25) is 0 Å². The molecule has 2 aliphatic heterocycles. The van der Waals surface area contributed by atoms with Gasteiger partial charge in [-0.25, -0.2) is 4.52 Å². The van der Waals surface area contributed by atoms with Gasteiger partial charge in [0, 0.05) is 75.4 Å². The zero-order valence-corrected chi connectivity index (χ0v) is 19.9. The van der Waals surface area contributed by atoms with Crippen LogP contribution in [0.25, 0.3) is 16.6 Å². The summed E-state index contributed by atoms with van der Waals surface area (Å²) in [7, 11) is 0. The molecule has 1 amide bonds. The van der Waals surface area contributed by atoms with Crippen molar-refractivity contribution >= 4 is 22.8 Å². The summed E-state index contributed by atoms with van der Waals surface area (Å²) in [5, 5.41) is 7.32. The molecule has 0 bridgehead atoms. The van der Waals surface area contributed by atoms with E-state index in [2.05, 4.69) is 21.4 Å². The highest BCUT2D eigenvalue weighted by Crippen LogP contribution is 2.34. The number of nitrogens with one attached hydrogen (secondary N) is 1. The molecule has 7 nitrogen and oxygen atoms in total.